The lowest BCUT2D eigenvalue weighted by Gasteiger charge is -2.16. The maximum atomic E-state index is 12.8. The lowest BCUT2D eigenvalue weighted by molar-refractivity contribution is 0.101. The van der Waals surface area contributed by atoms with Gasteiger partial charge in [-0.15, -0.1) is 0 Å². The van der Waals surface area contributed by atoms with Crippen molar-refractivity contribution >= 4 is 15.8 Å². The average Bonchev–Trinajstić information content (AvgIpc) is 3.01. The van der Waals surface area contributed by atoms with Gasteiger partial charge in [0.25, 0.3) is 0 Å². The molecule has 0 radical (unpaired) electrons. The molecule has 138 valence electrons. The van der Waals surface area contributed by atoms with E-state index in [9.17, 15) is 13.2 Å². The second-order valence-electron chi connectivity index (χ2n) is 6.20. The third-order valence-electron chi connectivity index (χ3n) is 4.57. The molecule has 0 aromatic heterocycles. The molecule has 0 fully saturated rings. The van der Waals surface area contributed by atoms with E-state index in [-0.39, 0.29) is 16.7 Å². The van der Waals surface area contributed by atoms with E-state index in [0.717, 1.165) is 17.5 Å². The summed E-state index contributed by atoms with van der Waals surface area (Å²) in [4.78, 5) is 11.6. The SMILES string of the molecule is COc1cc2c(cc1OC)C(NS(=O)(=O)c1cccc(C(C)=O)c1)CC2. The van der Waals surface area contributed by atoms with Gasteiger partial charge in [0.2, 0.25) is 10.0 Å². The highest BCUT2D eigenvalue weighted by atomic mass is 32.2. The van der Waals surface area contributed by atoms with Crippen molar-refractivity contribution < 1.29 is 22.7 Å². The van der Waals surface area contributed by atoms with E-state index < -0.39 is 10.0 Å². The highest BCUT2D eigenvalue weighted by Crippen LogP contribution is 2.39. The number of rotatable bonds is 6. The third-order valence-corrected chi connectivity index (χ3v) is 6.04. The molecular weight excluding hydrogens is 354 g/mol. The lowest BCUT2D eigenvalue weighted by Crippen LogP contribution is -2.27. The van der Waals surface area contributed by atoms with Crippen LogP contribution in [0.3, 0.4) is 0 Å². The molecule has 6 nitrogen and oxygen atoms in total. The lowest BCUT2D eigenvalue weighted by atomic mass is 10.1. The third kappa shape index (κ3) is 3.45. The molecule has 1 aliphatic carbocycles. The molecule has 1 unspecified atom stereocenters. The van der Waals surface area contributed by atoms with Crippen molar-refractivity contribution in [2.75, 3.05) is 14.2 Å². The van der Waals surface area contributed by atoms with Crippen molar-refractivity contribution in [2.45, 2.75) is 30.7 Å². The van der Waals surface area contributed by atoms with Gasteiger partial charge in [-0.05, 0) is 55.2 Å². The number of benzene rings is 2. The number of hydrogen-bond donors (Lipinski definition) is 1. The second-order valence-corrected chi connectivity index (χ2v) is 7.92. The first-order valence-corrected chi connectivity index (χ1v) is 9.72. The standard InChI is InChI=1S/C19H21NO5S/c1-12(21)13-5-4-6-15(9-13)26(22,23)20-17-8-7-14-10-18(24-2)19(25-3)11-16(14)17/h4-6,9-11,17,20H,7-8H2,1-3H3. The number of nitrogens with one attached hydrogen (secondary N) is 1. The Morgan fingerprint density at radius 2 is 1.81 bits per heavy atom. The Bertz CT molecular complexity index is 952. The summed E-state index contributed by atoms with van der Waals surface area (Å²) in [6.07, 6.45) is 1.40. The van der Waals surface area contributed by atoms with Crippen LogP contribution in [0, 0.1) is 0 Å². The van der Waals surface area contributed by atoms with Crippen LogP contribution in [0.1, 0.15) is 40.9 Å². The number of carbonyl (C=O) groups excluding carboxylic acids is 1. The molecule has 0 saturated carbocycles. The molecule has 1 aliphatic rings. The van der Waals surface area contributed by atoms with Crippen LogP contribution in [-0.2, 0) is 16.4 Å². The Kier molecular flexibility index (Phi) is 5.02. The molecule has 0 saturated heterocycles. The molecule has 26 heavy (non-hydrogen) atoms. The van der Waals surface area contributed by atoms with E-state index in [1.807, 2.05) is 12.1 Å². The molecule has 0 aliphatic heterocycles. The highest BCUT2D eigenvalue weighted by molar-refractivity contribution is 7.89. The van der Waals surface area contributed by atoms with E-state index in [1.165, 1.54) is 19.1 Å². The quantitative estimate of drug-likeness (QED) is 0.785. The first kappa shape index (κ1) is 18.4. The molecule has 7 heteroatoms. The number of methoxy groups -OCH3 is 2. The zero-order chi connectivity index (χ0) is 18.9. The molecule has 3 rings (SSSR count). The van der Waals surface area contributed by atoms with Gasteiger partial charge >= 0.3 is 0 Å². The largest absolute Gasteiger partial charge is 0.493 e. The summed E-state index contributed by atoms with van der Waals surface area (Å²) in [6, 6.07) is 9.41. The topological polar surface area (TPSA) is 81.7 Å². The summed E-state index contributed by atoms with van der Waals surface area (Å²) in [5, 5.41) is 0. The monoisotopic (exact) mass is 375 g/mol. The van der Waals surface area contributed by atoms with Gasteiger partial charge < -0.3 is 9.47 Å². The Morgan fingerprint density at radius 1 is 1.12 bits per heavy atom. The fourth-order valence-electron chi connectivity index (χ4n) is 3.19. The number of Topliss-reactive ketones (excluding diaryl/α,β-unsaturated/α-hetero) is 1. The Morgan fingerprint density at radius 3 is 2.46 bits per heavy atom. The minimum Gasteiger partial charge on any atom is -0.493 e. The average molecular weight is 375 g/mol. The Labute approximate surface area is 153 Å². The van der Waals surface area contributed by atoms with Gasteiger partial charge in [-0.3, -0.25) is 4.79 Å². The molecule has 2 aromatic carbocycles. The molecular formula is C19H21NO5S. The first-order valence-electron chi connectivity index (χ1n) is 8.24. The van der Waals surface area contributed by atoms with Gasteiger partial charge in [0.15, 0.2) is 17.3 Å². The number of ketones is 1. The zero-order valence-electron chi connectivity index (χ0n) is 14.9. The van der Waals surface area contributed by atoms with E-state index in [2.05, 4.69) is 4.72 Å². The number of fused-ring (bicyclic) bond motifs is 1. The van der Waals surface area contributed by atoms with Gasteiger partial charge in [-0.2, -0.15) is 0 Å². The number of ether oxygens (including phenoxy) is 2. The smallest absolute Gasteiger partial charge is 0.241 e. The molecule has 1 N–H and O–H groups in total. The van der Waals surface area contributed by atoms with Crippen molar-refractivity contribution in [2.24, 2.45) is 0 Å². The summed E-state index contributed by atoms with van der Waals surface area (Å²) in [6.45, 7) is 1.41. The van der Waals surface area contributed by atoms with E-state index in [1.54, 1.807) is 26.4 Å². The molecule has 0 heterocycles. The minimum absolute atomic E-state index is 0.0825. The second kappa shape index (κ2) is 7.09. The highest BCUT2D eigenvalue weighted by Gasteiger charge is 2.29. The fraction of sp³-hybridized carbons (Fsp3) is 0.316. The predicted molar refractivity (Wildman–Crippen MR) is 97.4 cm³/mol. The van der Waals surface area contributed by atoms with Crippen LogP contribution in [0.4, 0.5) is 0 Å². The fourth-order valence-corrected chi connectivity index (χ4v) is 4.49. The molecule has 0 bridgehead atoms. The van der Waals surface area contributed by atoms with Gasteiger partial charge in [0.1, 0.15) is 0 Å². The maximum Gasteiger partial charge on any atom is 0.241 e. The Hall–Kier alpha value is -2.38. The van der Waals surface area contributed by atoms with Crippen molar-refractivity contribution in [3.05, 3.63) is 53.1 Å². The van der Waals surface area contributed by atoms with Gasteiger partial charge in [0, 0.05) is 11.6 Å². The molecule has 1 atom stereocenters. The van der Waals surface area contributed by atoms with Crippen LogP contribution in [0.15, 0.2) is 41.3 Å². The maximum absolute atomic E-state index is 12.8. The molecule has 0 spiro atoms. The summed E-state index contributed by atoms with van der Waals surface area (Å²) in [5.41, 5.74) is 2.29. The van der Waals surface area contributed by atoms with Crippen molar-refractivity contribution in [1.29, 1.82) is 0 Å². The van der Waals surface area contributed by atoms with Crippen LogP contribution in [0.2, 0.25) is 0 Å². The van der Waals surface area contributed by atoms with Crippen LogP contribution in [-0.4, -0.2) is 28.4 Å². The van der Waals surface area contributed by atoms with Crippen LogP contribution < -0.4 is 14.2 Å². The summed E-state index contributed by atoms with van der Waals surface area (Å²) in [7, 11) is -0.634. The summed E-state index contributed by atoms with van der Waals surface area (Å²) >= 11 is 0. The van der Waals surface area contributed by atoms with Gasteiger partial charge in [-0.1, -0.05) is 12.1 Å². The zero-order valence-corrected chi connectivity index (χ0v) is 15.7. The number of carbonyl (C=O) groups is 1. The van der Waals surface area contributed by atoms with E-state index in [0.29, 0.717) is 23.5 Å². The number of sulfonamides is 1. The summed E-state index contributed by atoms with van der Waals surface area (Å²) in [5.74, 6) is 1.02. The van der Waals surface area contributed by atoms with Crippen LogP contribution >= 0.6 is 0 Å². The van der Waals surface area contributed by atoms with E-state index in [4.69, 9.17) is 9.47 Å². The Balaban J connectivity index is 1.91. The number of aryl methyl sites for hydroxylation is 1. The van der Waals surface area contributed by atoms with Crippen LogP contribution in [0.5, 0.6) is 11.5 Å². The van der Waals surface area contributed by atoms with Crippen molar-refractivity contribution in [3.63, 3.8) is 0 Å². The number of hydrogen-bond acceptors (Lipinski definition) is 5. The molecule has 2 aromatic rings. The van der Waals surface area contributed by atoms with Gasteiger partial charge in [0.05, 0.1) is 19.1 Å². The van der Waals surface area contributed by atoms with Gasteiger partial charge in [-0.25, -0.2) is 13.1 Å². The van der Waals surface area contributed by atoms with Crippen molar-refractivity contribution in [3.8, 4) is 11.5 Å². The van der Waals surface area contributed by atoms with Crippen LogP contribution in [0.25, 0.3) is 0 Å². The minimum atomic E-state index is -3.75. The predicted octanol–water partition coefficient (Wildman–Crippen LogP) is 2.87. The van der Waals surface area contributed by atoms with Crippen molar-refractivity contribution in [1.82, 2.24) is 4.72 Å². The normalized spacial score (nSPS) is 16.2. The molecule has 0 amide bonds. The van der Waals surface area contributed by atoms with E-state index >= 15 is 0 Å². The first-order chi connectivity index (χ1) is 12.4. The summed E-state index contributed by atoms with van der Waals surface area (Å²) < 4.78 is 38.9.